The van der Waals surface area contributed by atoms with E-state index in [0.717, 1.165) is 12.0 Å². The zero-order chi connectivity index (χ0) is 20.8. The Morgan fingerprint density at radius 3 is 2.22 bits per heavy atom. The lowest BCUT2D eigenvalue weighted by Crippen LogP contribution is -2.37. The Morgan fingerprint density at radius 2 is 1.70 bits per heavy atom. The Kier molecular flexibility index (Phi) is 13.4. The van der Waals surface area contributed by atoms with E-state index in [0.29, 0.717) is 18.8 Å². The molecule has 1 aromatic rings. The standard InChI is InChI=1S/C20H32N2O3.C2H6/c1-14(2)11-16(20(25)22-3)12-17(23)13-19(24)18(21)10-9-15-7-5-4-6-8-15;1-2/h4-8,14,16,18-19,24H,9-13,21H2,1-3H3,(H,22,25);1-2H3. The molecule has 0 fully saturated rings. The van der Waals surface area contributed by atoms with Gasteiger partial charge in [-0.05, 0) is 30.7 Å². The summed E-state index contributed by atoms with van der Waals surface area (Å²) >= 11 is 0. The molecule has 0 aliphatic rings. The molecule has 4 N–H and O–H groups in total. The molecule has 3 atom stereocenters. The van der Waals surface area contributed by atoms with Crippen molar-refractivity contribution in [3.8, 4) is 0 Å². The normalized spacial score (nSPS) is 13.9. The number of rotatable bonds is 11. The largest absolute Gasteiger partial charge is 0.391 e. The van der Waals surface area contributed by atoms with Gasteiger partial charge < -0.3 is 16.2 Å². The van der Waals surface area contributed by atoms with Crippen molar-refractivity contribution in [1.82, 2.24) is 5.32 Å². The molecular weight excluding hydrogens is 340 g/mol. The fourth-order valence-corrected chi connectivity index (χ4v) is 2.97. The number of hydrogen-bond acceptors (Lipinski definition) is 4. The van der Waals surface area contributed by atoms with Crippen LogP contribution >= 0.6 is 0 Å². The highest BCUT2D eigenvalue weighted by atomic mass is 16.3. The van der Waals surface area contributed by atoms with Gasteiger partial charge in [0.05, 0.1) is 6.10 Å². The van der Waals surface area contributed by atoms with Gasteiger partial charge in [-0.3, -0.25) is 9.59 Å². The highest BCUT2D eigenvalue weighted by molar-refractivity contribution is 5.86. The van der Waals surface area contributed by atoms with Crippen LogP contribution in [0, 0.1) is 11.8 Å². The van der Waals surface area contributed by atoms with Crippen LogP contribution in [0.2, 0.25) is 0 Å². The molecule has 1 aromatic carbocycles. The average molecular weight is 379 g/mol. The number of amides is 1. The number of aryl methyl sites for hydroxylation is 1. The number of nitrogens with two attached hydrogens (primary N) is 1. The van der Waals surface area contributed by atoms with E-state index in [2.05, 4.69) is 5.32 Å². The van der Waals surface area contributed by atoms with Crippen LogP contribution in [0.3, 0.4) is 0 Å². The van der Waals surface area contributed by atoms with Crippen LogP contribution in [0.15, 0.2) is 30.3 Å². The van der Waals surface area contributed by atoms with Crippen molar-refractivity contribution in [3.05, 3.63) is 35.9 Å². The summed E-state index contributed by atoms with van der Waals surface area (Å²) in [4.78, 5) is 24.2. The summed E-state index contributed by atoms with van der Waals surface area (Å²) in [6.45, 7) is 8.05. The van der Waals surface area contributed by atoms with Crippen LogP contribution in [0.25, 0.3) is 0 Å². The Hall–Kier alpha value is -1.72. The van der Waals surface area contributed by atoms with E-state index in [4.69, 9.17) is 5.73 Å². The smallest absolute Gasteiger partial charge is 0.223 e. The van der Waals surface area contributed by atoms with Crippen LogP contribution in [-0.4, -0.2) is 36.0 Å². The second-order valence-corrected chi connectivity index (χ2v) is 7.14. The number of aliphatic hydroxyl groups is 1. The third-order valence-electron chi connectivity index (χ3n) is 4.39. The summed E-state index contributed by atoms with van der Waals surface area (Å²) in [5.74, 6) is -0.250. The SMILES string of the molecule is CC.CNC(=O)C(CC(=O)CC(O)C(N)CCc1ccccc1)CC(C)C. The van der Waals surface area contributed by atoms with Crippen molar-refractivity contribution >= 4 is 11.7 Å². The first-order valence-electron chi connectivity index (χ1n) is 10.0. The van der Waals surface area contributed by atoms with Crippen molar-refractivity contribution in [2.24, 2.45) is 17.6 Å². The summed E-state index contributed by atoms with van der Waals surface area (Å²) in [6, 6.07) is 9.47. The molecule has 5 heteroatoms. The number of hydrogen-bond donors (Lipinski definition) is 3. The van der Waals surface area contributed by atoms with Gasteiger partial charge in [-0.25, -0.2) is 0 Å². The Bertz CT molecular complexity index is 532. The first kappa shape index (κ1) is 25.3. The lowest BCUT2D eigenvalue weighted by atomic mass is 9.89. The summed E-state index contributed by atoms with van der Waals surface area (Å²) in [5.41, 5.74) is 7.19. The fourth-order valence-electron chi connectivity index (χ4n) is 2.97. The van der Waals surface area contributed by atoms with E-state index in [1.807, 2.05) is 58.0 Å². The van der Waals surface area contributed by atoms with E-state index in [9.17, 15) is 14.7 Å². The Morgan fingerprint density at radius 1 is 1.11 bits per heavy atom. The molecule has 0 heterocycles. The van der Waals surface area contributed by atoms with Gasteiger partial charge in [-0.1, -0.05) is 58.0 Å². The van der Waals surface area contributed by atoms with Crippen molar-refractivity contribution in [2.75, 3.05) is 7.05 Å². The lowest BCUT2D eigenvalue weighted by Gasteiger charge is -2.20. The van der Waals surface area contributed by atoms with Crippen molar-refractivity contribution in [1.29, 1.82) is 0 Å². The predicted octanol–water partition coefficient (Wildman–Crippen LogP) is 3.09. The minimum absolute atomic E-state index is 0.00153. The third-order valence-corrected chi connectivity index (χ3v) is 4.39. The molecule has 0 saturated carbocycles. The van der Waals surface area contributed by atoms with Crippen molar-refractivity contribution in [3.63, 3.8) is 0 Å². The number of nitrogens with one attached hydrogen (secondary N) is 1. The van der Waals surface area contributed by atoms with Crippen LogP contribution in [0.1, 0.15) is 58.9 Å². The molecule has 1 amide bonds. The van der Waals surface area contributed by atoms with Gasteiger partial charge in [0, 0.05) is 31.8 Å². The molecule has 154 valence electrons. The van der Waals surface area contributed by atoms with Gasteiger partial charge in [-0.15, -0.1) is 0 Å². The minimum atomic E-state index is -0.874. The zero-order valence-electron chi connectivity index (χ0n) is 17.6. The van der Waals surface area contributed by atoms with Gasteiger partial charge in [-0.2, -0.15) is 0 Å². The molecule has 0 radical (unpaired) electrons. The molecule has 1 rings (SSSR count). The van der Waals surface area contributed by atoms with Gasteiger partial charge in [0.25, 0.3) is 0 Å². The maximum Gasteiger partial charge on any atom is 0.223 e. The number of ketones is 1. The van der Waals surface area contributed by atoms with Gasteiger partial charge in [0.15, 0.2) is 0 Å². The molecular formula is C22H38N2O3. The molecule has 0 aliphatic carbocycles. The number of carbonyl (C=O) groups is 2. The van der Waals surface area contributed by atoms with E-state index in [1.165, 1.54) is 0 Å². The maximum atomic E-state index is 12.2. The van der Waals surface area contributed by atoms with Gasteiger partial charge >= 0.3 is 0 Å². The number of Topliss-reactive ketones (excluding diaryl/α,β-unsaturated/α-hetero) is 1. The Balaban J connectivity index is 0.00000326. The number of carbonyl (C=O) groups excluding carboxylic acids is 2. The topological polar surface area (TPSA) is 92.4 Å². The summed E-state index contributed by atoms with van der Waals surface area (Å²) < 4.78 is 0. The first-order valence-corrected chi connectivity index (χ1v) is 10.0. The van der Waals surface area contributed by atoms with E-state index >= 15 is 0 Å². The fraction of sp³-hybridized carbons (Fsp3) is 0.636. The third kappa shape index (κ3) is 10.9. The molecule has 27 heavy (non-hydrogen) atoms. The molecule has 0 saturated heterocycles. The van der Waals surface area contributed by atoms with Gasteiger partial charge in [0.2, 0.25) is 5.91 Å². The summed E-state index contributed by atoms with van der Waals surface area (Å²) in [7, 11) is 1.58. The van der Waals surface area contributed by atoms with Crippen LogP contribution in [0.5, 0.6) is 0 Å². The molecule has 0 spiro atoms. The summed E-state index contributed by atoms with van der Waals surface area (Å²) in [5, 5.41) is 12.8. The highest BCUT2D eigenvalue weighted by Crippen LogP contribution is 2.18. The van der Waals surface area contributed by atoms with E-state index in [-0.39, 0.29) is 30.4 Å². The highest BCUT2D eigenvalue weighted by Gasteiger charge is 2.25. The predicted molar refractivity (Wildman–Crippen MR) is 111 cm³/mol. The number of benzene rings is 1. The zero-order valence-corrected chi connectivity index (χ0v) is 17.6. The quantitative estimate of drug-likeness (QED) is 0.552. The molecule has 3 unspecified atom stereocenters. The molecule has 0 bridgehead atoms. The Labute approximate surface area is 164 Å². The van der Waals surface area contributed by atoms with E-state index < -0.39 is 12.1 Å². The van der Waals surface area contributed by atoms with Crippen molar-refractivity contribution in [2.45, 2.75) is 71.9 Å². The second-order valence-electron chi connectivity index (χ2n) is 7.14. The van der Waals surface area contributed by atoms with Crippen LogP contribution in [0.4, 0.5) is 0 Å². The number of aliphatic hydroxyl groups excluding tert-OH is 1. The van der Waals surface area contributed by atoms with Crippen LogP contribution < -0.4 is 11.1 Å². The first-order chi connectivity index (χ1) is 12.8. The molecule has 0 aromatic heterocycles. The minimum Gasteiger partial charge on any atom is -0.391 e. The van der Waals surface area contributed by atoms with Gasteiger partial charge in [0.1, 0.15) is 5.78 Å². The van der Waals surface area contributed by atoms with E-state index in [1.54, 1.807) is 7.05 Å². The molecule has 0 aliphatic heterocycles. The molecule has 5 nitrogen and oxygen atoms in total. The van der Waals surface area contributed by atoms with Crippen molar-refractivity contribution < 1.29 is 14.7 Å². The monoisotopic (exact) mass is 378 g/mol. The average Bonchev–Trinajstić information content (AvgIpc) is 2.66. The summed E-state index contributed by atoms with van der Waals surface area (Å²) in [6.07, 6.45) is 1.31. The maximum absolute atomic E-state index is 12.2. The lowest BCUT2D eigenvalue weighted by molar-refractivity contribution is -0.130. The van der Waals surface area contributed by atoms with Crippen LogP contribution in [-0.2, 0) is 16.0 Å². The second kappa shape index (κ2) is 14.4.